The van der Waals surface area contributed by atoms with Crippen LogP contribution in [0.25, 0.3) is 0 Å². The molecule has 0 amide bonds. The molecule has 88 valence electrons. The fraction of sp³-hybridized carbons (Fsp3) is 0.0769. The van der Waals surface area contributed by atoms with Crippen LogP contribution in [0.1, 0.15) is 11.1 Å². The highest BCUT2D eigenvalue weighted by atomic mass is 35.5. The average molecular weight is 287 g/mol. The first-order valence-electron chi connectivity index (χ1n) is 5.11. The van der Waals surface area contributed by atoms with E-state index < -0.39 is 0 Å². The molecular formula is C13H10Cl3N. The van der Waals surface area contributed by atoms with Crippen molar-refractivity contribution in [2.45, 2.75) is 6.42 Å². The van der Waals surface area contributed by atoms with E-state index in [1.807, 2.05) is 48.5 Å². The molecule has 0 spiro atoms. The molecule has 0 radical (unpaired) electrons. The minimum atomic E-state index is 0.664. The smallest absolute Gasteiger partial charge is 0.0760 e. The van der Waals surface area contributed by atoms with Gasteiger partial charge >= 0.3 is 0 Å². The Morgan fingerprint density at radius 2 is 1.59 bits per heavy atom. The number of rotatable bonds is 3. The summed E-state index contributed by atoms with van der Waals surface area (Å²) in [4.78, 5) is 0. The topological polar surface area (TPSA) is 3.24 Å². The van der Waals surface area contributed by atoms with Crippen LogP contribution in [-0.2, 0) is 6.42 Å². The fourth-order valence-corrected chi connectivity index (χ4v) is 2.23. The molecule has 0 N–H and O–H groups in total. The second-order valence-electron chi connectivity index (χ2n) is 3.63. The van der Waals surface area contributed by atoms with Crippen molar-refractivity contribution in [3.05, 3.63) is 64.7 Å². The van der Waals surface area contributed by atoms with Crippen molar-refractivity contribution in [1.29, 1.82) is 0 Å². The number of halogens is 3. The first kappa shape index (κ1) is 12.6. The molecule has 2 aromatic rings. The lowest BCUT2D eigenvalue weighted by Gasteiger charge is -2.13. The lowest BCUT2D eigenvalue weighted by molar-refractivity contribution is 1.19. The largest absolute Gasteiger partial charge is 0.194 e. The van der Waals surface area contributed by atoms with Gasteiger partial charge in [0.25, 0.3) is 0 Å². The van der Waals surface area contributed by atoms with Crippen molar-refractivity contribution in [2.75, 3.05) is 3.94 Å². The summed E-state index contributed by atoms with van der Waals surface area (Å²) in [5.41, 5.74) is 2.80. The molecule has 0 aliphatic rings. The molecule has 2 aromatic carbocycles. The van der Waals surface area contributed by atoms with Gasteiger partial charge in [0.1, 0.15) is 0 Å². The van der Waals surface area contributed by atoms with Gasteiger partial charge in [0.2, 0.25) is 0 Å². The van der Waals surface area contributed by atoms with Gasteiger partial charge in [-0.1, -0.05) is 48.0 Å². The second-order valence-corrected chi connectivity index (χ2v) is 4.89. The molecule has 0 aliphatic carbocycles. The maximum Gasteiger partial charge on any atom is 0.0760 e. The zero-order chi connectivity index (χ0) is 12.3. The molecular weight excluding hydrogens is 277 g/mol. The third-order valence-electron chi connectivity index (χ3n) is 2.50. The number of hydrogen-bond donors (Lipinski definition) is 0. The maximum absolute atomic E-state index is 6.18. The molecule has 0 atom stereocenters. The van der Waals surface area contributed by atoms with Gasteiger partial charge in [-0.15, -0.1) is 0 Å². The average Bonchev–Trinajstić information content (AvgIpc) is 2.33. The summed E-state index contributed by atoms with van der Waals surface area (Å²) in [6.07, 6.45) is 0.700. The number of benzene rings is 2. The molecule has 0 saturated heterocycles. The standard InChI is InChI=1S/C13H10Cl3N/c14-12-7-4-8-13(17(15)16)11(12)9-10-5-2-1-3-6-10/h1-8H,9H2. The van der Waals surface area contributed by atoms with Gasteiger partial charge in [0.05, 0.1) is 5.69 Å². The number of nitrogens with zero attached hydrogens (tertiary/aromatic N) is 1. The van der Waals surface area contributed by atoms with Crippen LogP contribution in [0.15, 0.2) is 48.5 Å². The number of hydrogen-bond acceptors (Lipinski definition) is 1. The van der Waals surface area contributed by atoms with Crippen LogP contribution in [0.3, 0.4) is 0 Å². The Balaban J connectivity index is 2.38. The van der Waals surface area contributed by atoms with E-state index in [0.717, 1.165) is 15.1 Å². The Labute approximate surface area is 116 Å². The van der Waals surface area contributed by atoms with E-state index in [-0.39, 0.29) is 0 Å². The Morgan fingerprint density at radius 1 is 0.882 bits per heavy atom. The van der Waals surface area contributed by atoms with Gasteiger partial charge in [-0.2, -0.15) is 3.94 Å². The maximum atomic E-state index is 6.18. The fourth-order valence-electron chi connectivity index (χ4n) is 1.68. The van der Waals surface area contributed by atoms with Crippen LogP contribution >= 0.6 is 35.2 Å². The van der Waals surface area contributed by atoms with Gasteiger partial charge in [0, 0.05) is 40.6 Å². The van der Waals surface area contributed by atoms with Crippen molar-refractivity contribution in [1.82, 2.24) is 0 Å². The summed E-state index contributed by atoms with van der Waals surface area (Å²) in [6.45, 7) is 0. The third kappa shape index (κ3) is 3.06. The predicted molar refractivity (Wildman–Crippen MR) is 74.9 cm³/mol. The highest BCUT2D eigenvalue weighted by Gasteiger charge is 2.11. The van der Waals surface area contributed by atoms with E-state index in [0.29, 0.717) is 17.1 Å². The van der Waals surface area contributed by atoms with Crippen LogP contribution in [0, 0.1) is 0 Å². The summed E-state index contributed by atoms with van der Waals surface area (Å²) in [5, 5.41) is 0.664. The first-order chi connectivity index (χ1) is 8.18. The van der Waals surface area contributed by atoms with E-state index in [1.54, 1.807) is 0 Å². The molecule has 1 nitrogen and oxygen atoms in total. The minimum absolute atomic E-state index is 0.664. The van der Waals surface area contributed by atoms with Gasteiger partial charge in [-0.05, 0) is 17.7 Å². The van der Waals surface area contributed by atoms with Crippen molar-refractivity contribution < 1.29 is 0 Å². The summed E-state index contributed by atoms with van der Waals surface area (Å²) >= 11 is 17.8. The molecule has 0 unspecified atom stereocenters. The van der Waals surface area contributed by atoms with E-state index >= 15 is 0 Å². The molecule has 17 heavy (non-hydrogen) atoms. The third-order valence-corrected chi connectivity index (χ3v) is 3.22. The van der Waals surface area contributed by atoms with Crippen molar-refractivity contribution >= 4 is 40.8 Å². The molecule has 4 heteroatoms. The van der Waals surface area contributed by atoms with Crippen molar-refractivity contribution in [2.24, 2.45) is 0 Å². The summed E-state index contributed by atoms with van der Waals surface area (Å²) in [5.74, 6) is 0. The molecule has 2 rings (SSSR count). The number of anilines is 1. The quantitative estimate of drug-likeness (QED) is 0.714. The molecule has 0 heterocycles. The highest BCUT2D eigenvalue weighted by Crippen LogP contribution is 2.31. The Morgan fingerprint density at radius 3 is 2.24 bits per heavy atom. The van der Waals surface area contributed by atoms with Gasteiger partial charge < -0.3 is 0 Å². The van der Waals surface area contributed by atoms with Crippen molar-refractivity contribution in [3.8, 4) is 0 Å². The normalized spacial score (nSPS) is 10.3. The molecule has 0 aliphatic heterocycles. The molecule has 0 aromatic heterocycles. The van der Waals surface area contributed by atoms with Gasteiger partial charge in [-0.3, -0.25) is 0 Å². The van der Waals surface area contributed by atoms with Crippen LogP contribution in [-0.4, -0.2) is 0 Å². The predicted octanol–water partition coefficient (Wildman–Crippen LogP) is 5.04. The minimum Gasteiger partial charge on any atom is -0.194 e. The van der Waals surface area contributed by atoms with E-state index in [1.165, 1.54) is 0 Å². The lowest BCUT2D eigenvalue weighted by Crippen LogP contribution is -1.99. The Kier molecular flexibility index (Phi) is 4.16. The van der Waals surface area contributed by atoms with Gasteiger partial charge in [0.15, 0.2) is 0 Å². The molecule has 0 bridgehead atoms. The van der Waals surface area contributed by atoms with Crippen LogP contribution in [0.5, 0.6) is 0 Å². The Bertz CT molecular complexity index is 497. The summed E-state index contributed by atoms with van der Waals surface area (Å²) < 4.78 is 1.05. The van der Waals surface area contributed by atoms with Gasteiger partial charge in [-0.25, -0.2) is 0 Å². The summed E-state index contributed by atoms with van der Waals surface area (Å²) in [7, 11) is 0. The zero-order valence-corrected chi connectivity index (χ0v) is 11.2. The Hall–Kier alpha value is -0.890. The summed E-state index contributed by atoms with van der Waals surface area (Å²) in [6, 6.07) is 15.5. The monoisotopic (exact) mass is 285 g/mol. The van der Waals surface area contributed by atoms with E-state index in [9.17, 15) is 0 Å². The van der Waals surface area contributed by atoms with Crippen LogP contribution in [0.2, 0.25) is 5.02 Å². The van der Waals surface area contributed by atoms with Crippen LogP contribution in [0.4, 0.5) is 5.69 Å². The first-order valence-corrected chi connectivity index (χ1v) is 6.17. The van der Waals surface area contributed by atoms with E-state index in [2.05, 4.69) is 0 Å². The van der Waals surface area contributed by atoms with E-state index in [4.69, 9.17) is 35.2 Å². The second kappa shape index (κ2) is 5.63. The zero-order valence-electron chi connectivity index (χ0n) is 8.91. The SMILES string of the molecule is Clc1cccc(N(Cl)Cl)c1Cc1ccccc1. The molecule has 0 saturated carbocycles. The highest BCUT2D eigenvalue weighted by molar-refractivity contribution is 6.49. The van der Waals surface area contributed by atoms with Crippen LogP contribution < -0.4 is 3.94 Å². The van der Waals surface area contributed by atoms with Crippen molar-refractivity contribution in [3.63, 3.8) is 0 Å². The lowest BCUT2D eigenvalue weighted by atomic mass is 10.0. The molecule has 0 fully saturated rings.